The lowest BCUT2D eigenvalue weighted by Crippen LogP contribution is -2.16. The number of aliphatic hydroxyl groups is 1. The van der Waals surface area contributed by atoms with E-state index < -0.39 is 5.82 Å². The summed E-state index contributed by atoms with van der Waals surface area (Å²) in [7, 11) is 0. The van der Waals surface area contributed by atoms with Crippen molar-refractivity contribution in [2.24, 2.45) is 11.8 Å². The molecule has 0 amide bonds. The maximum absolute atomic E-state index is 13.1. The molecule has 84 valence electrons. The van der Waals surface area contributed by atoms with Gasteiger partial charge in [0.15, 0.2) is 0 Å². The SMILES string of the molecule is CC(C)C(CO)Cc1ccc(Cl)c(F)c1. The third kappa shape index (κ3) is 3.47. The van der Waals surface area contributed by atoms with Crippen molar-refractivity contribution < 1.29 is 9.50 Å². The summed E-state index contributed by atoms with van der Waals surface area (Å²) in [6.45, 7) is 4.22. The molecule has 0 aliphatic heterocycles. The zero-order valence-corrected chi connectivity index (χ0v) is 9.76. The van der Waals surface area contributed by atoms with E-state index in [1.54, 1.807) is 12.1 Å². The van der Waals surface area contributed by atoms with Crippen LogP contribution in [0.4, 0.5) is 4.39 Å². The molecule has 0 aliphatic carbocycles. The Morgan fingerprint density at radius 3 is 2.53 bits per heavy atom. The molecule has 0 heterocycles. The Bertz CT molecular complexity index is 325. The van der Waals surface area contributed by atoms with Crippen LogP contribution in [-0.2, 0) is 6.42 Å². The Morgan fingerprint density at radius 2 is 2.07 bits per heavy atom. The van der Waals surface area contributed by atoms with Gasteiger partial charge in [-0.15, -0.1) is 0 Å². The topological polar surface area (TPSA) is 20.2 Å². The predicted octanol–water partition coefficient (Wildman–Crippen LogP) is 3.29. The Balaban J connectivity index is 2.75. The summed E-state index contributed by atoms with van der Waals surface area (Å²) in [6, 6.07) is 4.80. The van der Waals surface area contributed by atoms with Gasteiger partial charge >= 0.3 is 0 Å². The number of benzene rings is 1. The lowest BCUT2D eigenvalue weighted by molar-refractivity contribution is 0.189. The minimum absolute atomic E-state index is 0.127. The first-order chi connectivity index (χ1) is 7.04. The Morgan fingerprint density at radius 1 is 1.40 bits per heavy atom. The van der Waals surface area contributed by atoms with Crippen molar-refractivity contribution in [3.63, 3.8) is 0 Å². The number of hydrogen-bond donors (Lipinski definition) is 1. The van der Waals surface area contributed by atoms with E-state index in [1.165, 1.54) is 6.07 Å². The molecule has 15 heavy (non-hydrogen) atoms. The van der Waals surface area contributed by atoms with Crippen LogP contribution in [0.25, 0.3) is 0 Å². The highest BCUT2D eigenvalue weighted by atomic mass is 35.5. The van der Waals surface area contributed by atoms with Crippen LogP contribution in [0.3, 0.4) is 0 Å². The summed E-state index contributed by atoms with van der Waals surface area (Å²) in [5.41, 5.74) is 0.879. The first kappa shape index (κ1) is 12.5. The van der Waals surface area contributed by atoms with E-state index in [1.807, 2.05) is 13.8 Å². The van der Waals surface area contributed by atoms with E-state index in [2.05, 4.69) is 0 Å². The second-order valence-electron chi connectivity index (χ2n) is 4.14. The molecular weight excluding hydrogens is 215 g/mol. The van der Waals surface area contributed by atoms with Crippen molar-refractivity contribution >= 4 is 11.6 Å². The van der Waals surface area contributed by atoms with E-state index >= 15 is 0 Å². The molecule has 1 N–H and O–H groups in total. The van der Waals surface area contributed by atoms with Gasteiger partial charge in [0.05, 0.1) is 5.02 Å². The van der Waals surface area contributed by atoms with E-state index in [0.717, 1.165) is 5.56 Å². The minimum atomic E-state index is -0.394. The molecule has 0 fully saturated rings. The zero-order valence-electron chi connectivity index (χ0n) is 9.00. The lowest BCUT2D eigenvalue weighted by atomic mass is 9.90. The summed E-state index contributed by atoms with van der Waals surface area (Å²) < 4.78 is 13.1. The van der Waals surface area contributed by atoms with Crippen LogP contribution in [0, 0.1) is 17.7 Å². The van der Waals surface area contributed by atoms with Crippen LogP contribution < -0.4 is 0 Å². The molecule has 1 aromatic carbocycles. The second-order valence-corrected chi connectivity index (χ2v) is 4.55. The third-order valence-electron chi connectivity index (χ3n) is 2.66. The van der Waals surface area contributed by atoms with Crippen molar-refractivity contribution in [1.29, 1.82) is 0 Å². The first-order valence-corrected chi connectivity index (χ1v) is 5.47. The summed E-state index contributed by atoms with van der Waals surface area (Å²) in [5.74, 6) is 0.161. The van der Waals surface area contributed by atoms with E-state index in [-0.39, 0.29) is 17.5 Å². The molecule has 3 heteroatoms. The number of aliphatic hydroxyl groups excluding tert-OH is 1. The van der Waals surface area contributed by atoms with Crippen LogP contribution in [0.15, 0.2) is 18.2 Å². The summed E-state index contributed by atoms with van der Waals surface area (Å²) in [6.07, 6.45) is 0.683. The van der Waals surface area contributed by atoms with E-state index in [0.29, 0.717) is 12.3 Å². The first-order valence-electron chi connectivity index (χ1n) is 5.09. The molecule has 0 spiro atoms. The highest BCUT2D eigenvalue weighted by Gasteiger charge is 2.13. The summed E-state index contributed by atoms with van der Waals surface area (Å²) in [5, 5.41) is 9.30. The van der Waals surface area contributed by atoms with Gasteiger partial charge in [0.1, 0.15) is 5.82 Å². The Hall–Kier alpha value is -0.600. The molecule has 1 nitrogen and oxygen atoms in total. The van der Waals surface area contributed by atoms with Crippen molar-refractivity contribution in [2.45, 2.75) is 20.3 Å². The molecule has 1 aromatic rings. The monoisotopic (exact) mass is 230 g/mol. The van der Waals surface area contributed by atoms with Crippen molar-refractivity contribution in [3.05, 3.63) is 34.6 Å². The van der Waals surface area contributed by atoms with Crippen LogP contribution in [0.2, 0.25) is 5.02 Å². The van der Waals surface area contributed by atoms with Gasteiger partial charge < -0.3 is 5.11 Å². The Kier molecular flexibility index (Phi) is 4.55. The molecule has 0 radical (unpaired) electrons. The predicted molar refractivity (Wildman–Crippen MR) is 60.5 cm³/mol. The molecule has 0 aliphatic rings. The van der Waals surface area contributed by atoms with Crippen molar-refractivity contribution in [1.82, 2.24) is 0 Å². The number of halogens is 2. The minimum Gasteiger partial charge on any atom is -0.396 e. The molecule has 1 atom stereocenters. The fourth-order valence-electron chi connectivity index (χ4n) is 1.48. The van der Waals surface area contributed by atoms with Crippen molar-refractivity contribution in [2.75, 3.05) is 6.61 Å². The molecule has 1 rings (SSSR count). The van der Waals surface area contributed by atoms with Crippen LogP contribution in [-0.4, -0.2) is 11.7 Å². The normalized spacial score (nSPS) is 13.2. The Labute approximate surface area is 94.9 Å². The quantitative estimate of drug-likeness (QED) is 0.842. The fraction of sp³-hybridized carbons (Fsp3) is 0.500. The summed E-state index contributed by atoms with van der Waals surface area (Å²) >= 11 is 5.59. The average molecular weight is 231 g/mol. The molecule has 0 saturated heterocycles. The van der Waals surface area contributed by atoms with Gasteiger partial charge in [-0.05, 0) is 36.0 Å². The number of hydrogen-bond acceptors (Lipinski definition) is 1. The van der Waals surface area contributed by atoms with Crippen LogP contribution in [0.5, 0.6) is 0 Å². The van der Waals surface area contributed by atoms with Gasteiger partial charge in [-0.3, -0.25) is 0 Å². The van der Waals surface area contributed by atoms with Gasteiger partial charge in [0.2, 0.25) is 0 Å². The smallest absolute Gasteiger partial charge is 0.142 e. The molecule has 0 aromatic heterocycles. The fourth-order valence-corrected chi connectivity index (χ4v) is 1.60. The standard InChI is InChI=1S/C12H16ClFO/c1-8(2)10(7-15)5-9-3-4-11(13)12(14)6-9/h3-4,6,8,10,15H,5,7H2,1-2H3. The van der Waals surface area contributed by atoms with Gasteiger partial charge in [0, 0.05) is 6.61 Å². The highest BCUT2D eigenvalue weighted by molar-refractivity contribution is 6.30. The average Bonchev–Trinajstić information content (AvgIpc) is 2.19. The second kappa shape index (κ2) is 5.47. The maximum Gasteiger partial charge on any atom is 0.142 e. The largest absolute Gasteiger partial charge is 0.396 e. The van der Waals surface area contributed by atoms with Gasteiger partial charge in [-0.25, -0.2) is 4.39 Å². The highest BCUT2D eigenvalue weighted by Crippen LogP contribution is 2.20. The molecule has 0 bridgehead atoms. The molecule has 1 unspecified atom stereocenters. The van der Waals surface area contributed by atoms with Gasteiger partial charge in [0.25, 0.3) is 0 Å². The molecule has 0 saturated carbocycles. The lowest BCUT2D eigenvalue weighted by Gasteiger charge is -2.18. The maximum atomic E-state index is 13.1. The van der Waals surface area contributed by atoms with Crippen molar-refractivity contribution in [3.8, 4) is 0 Å². The van der Waals surface area contributed by atoms with Gasteiger partial charge in [-0.2, -0.15) is 0 Å². The van der Waals surface area contributed by atoms with Gasteiger partial charge in [-0.1, -0.05) is 31.5 Å². The zero-order chi connectivity index (χ0) is 11.4. The van der Waals surface area contributed by atoms with E-state index in [9.17, 15) is 4.39 Å². The summed E-state index contributed by atoms with van der Waals surface area (Å²) in [4.78, 5) is 0. The van der Waals surface area contributed by atoms with E-state index in [4.69, 9.17) is 16.7 Å². The van der Waals surface area contributed by atoms with Crippen LogP contribution in [0.1, 0.15) is 19.4 Å². The van der Waals surface area contributed by atoms with Crippen LogP contribution >= 0.6 is 11.6 Å². The third-order valence-corrected chi connectivity index (χ3v) is 2.97. The molecular formula is C12H16ClFO. The number of rotatable bonds is 4.